The second kappa shape index (κ2) is 9.58. The van der Waals surface area contributed by atoms with E-state index in [2.05, 4.69) is 20.7 Å². The molecule has 0 radical (unpaired) electrons. The maximum absolute atomic E-state index is 13.4. The van der Waals surface area contributed by atoms with Gasteiger partial charge in [-0.3, -0.25) is 9.59 Å². The minimum Gasteiger partial charge on any atom is -0.616 e. The highest BCUT2D eigenvalue weighted by atomic mass is 35.5. The molecule has 1 fully saturated rings. The van der Waals surface area contributed by atoms with Crippen LogP contribution in [0.4, 0.5) is 18.9 Å². The molecule has 2 N–H and O–H groups in total. The van der Waals surface area contributed by atoms with Crippen LogP contribution in [0, 0.1) is 6.92 Å². The first-order valence-corrected chi connectivity index (χ1v) is 12.6. The number of carbonyl (C=O) groups excluding carboxylic acids is 2. The van der Waals surface area contributed by atoms with E-state index in [0.717, 1.165) is 0 Å². The maximum Gasteiger partial charge on any atom is 0.435 e. The number of hydrogen-bond donors (Lipinski definition) is 2. The second-order valence-electron chi connectivity index (χ2n) is 8.48. The molecule has 0 unspecified atom stereocenters. The minimum atomic E-state index is -4.85. The zero-order valence-electron chi connectivity index (χ0n) is 18.7. The number of aromatic nitrogens is 3. The van der Waals surface area contributed by atoms with Gasteiger partial charge in [0.1, 0.15) is 22.7 Å². The Hall–Kier alpha value is -2.80. The quantitative estimate of drug-likeness (QED) is 0.450. The number of aryl methyl sites for hydroxylation is 1. The number of anilines is 1. The van der Waals surface area contributed by atoms with Crippen molar-refractivity contribution in [3.05, 3.63) is 69.1 Å². The molecule has 0 spiro atoms. The van der Waals surface area contributed by atoms with Crippen LogP contribution in [0.2, 0.25) is 10.0 Å². The van der Waals surface area contributed by atoms with Crippen molar-refractivity contribution in [3.63, 3.8) is 0 Å². The topological polar surface area (TPSA) is 112 Å². The molecule has 8 nitrogen and oxygen atoms in total. The third-order valence-corrected chi connectivity index (χ3v) is 7.76. The van der Waals surface area contributed by atoms with Gasteiger partial charge in [-0.25, -0.2) is 9.67 Å². The average Bonchev–Trinajstić information content (AvgIpc) is 3.20. The van der Waals surface area contributed by atoms with Crippen LogP contribution in [-0.4, -0.2) is 48.2 Å². The van der Waals surface area contributed by atoms with Crippen LogP contribution < -0.4 is 10.6 Å². The smallest absolute Gasteiger partial charge is 0.435 e. The Bertz CT molecular complexity index is 1360. The van der Waals surface area contributed by atoms with E-state index in [4.69, 9.17) is 23.2 Å². The predicted molar refractivity (Wildman–Crippen MR) is 129 cm³/mol. The molecule has 1 aliphatic rings. The first-order valence-electron chi connectivity index (χ1n) is 10.3. The molecule has 1 aromatic carbocycles. The minimum absolute atomic E-state index is 0.00904. The highest BCUT2D eigenvalue weighted by Crippen LogP contribution is 2.32. The van der Waals surface area contributed by atoms with Gasteiger partial charge in [-0.2, -0.15) is 18.3 Å². The molecule has 190 valence electrons. The van der Waals surface area contributed by atoms with Crippen molar-refractivity contribution in [1.29, 1.82) is 0 Å². The van der Waals surface area contributed by atoms with E-state index < -0.39 is 46.1 Å². The van der Waals surface area contributed by atoms with Crippen molar-refractivity contribution < 1.29 is 27.3 Å². The molecule has 3 heterocycles. The number of amides is 2. The number of rotatable bonds is 5. The Morgan fingerprint density at radius 1 is 1.19 bits per heavy atom. The molecule has 2 amide bonds. The lowest BCUT2D eigenvalue weighted by atomic mass is 10.0. The van der Waals surface area contributed by atoms with Gasteiger partial charge in [0.2, 0.25) is 0 Å². The van der Waals surface area contributed by atoms with Crippen molar-refractivity contribution in [3.8, 4) is 5.82 Å². The van der Waals surface area contributed by atoms with E-state index in [1.165, 1.54) is 30.5 Å². The number of benzene rings is 1. The Labute approximate surface area is 216 Å². The fraction of sp³-hybridized carbons (Fsp3) is 0.273. The lowest BCUT2D eigenvalue weighted by Gasteiger charge is -2.39. The first-order chi connectivity index (χ1) is 16.8. The normalized spacial score (nSPS) is 19.5. The van der Waals surface area contributed by atoms with Crippen molar-refractivity contribution in [2.45, 2.75) is 25.6 Å². The number of carbonyl (C=O) groups is 2. The fourth-order valence-corrected chi connectivity index (χ4v) is 5.68. The Morgan fingerprint density at radius 3 is 2.50 bits per heavy atom. The third kappa shape index (κ3) is 5.31. The van der Waals surface area contributed by atoms with E-state index in [9.17, 15) is 27.3 Å². The molecule has 0 saturated carbocycles. The molecule has 2 aromatic heterocycles. The summed E-state index contributed by atoms with van der Waals surface area (Å²) >= 11 is 11.2. The Balaban J connectivity index is 1.73. The number of nitrogens with zero attached hydrogens (tertiary/aromatic N) is 3. The lowest BCUT2D eigenvalue weighted by Crippen LogP contribution is -2.63. The molecule has 0 bridgehead atoms. The van der Waals surface area contributed by atoms with E-state index in [1.807, 2.05) is 0 Å². The number of hydrogen-bond acceptors (Lipinski definition) is 5. The summed E-state index contributed by atoms with van der Waals surface area (Å²) in [4.78, 5) is 30.3. The standard InChI is InChI=1S/C22H18Cl2F3N5O3S/c1-11-6-12(23)7-13(19(33)30-21(2)9-36(35)10-21)17(11)29-20(34)15-8-16(22(25,26)27)31-32(15)18-14(24)4-3-5-28-18/h3-8H,9-10H2,1-2H3,(H,29,34)(H,30,33). The highest BCUT2D eigenvalue weighted by molar-refractivity contribution is 7.93. The number of halogens is 5. The van der Waals surface area contributed by atoms with Gasteiger partial charge in [0.05, 0.1) is 16.3 Å². The number of pyridine rings is 1. The van der Waals surface area contributed by atoms with Gasteiger partial charge >= 0.3 is 6.18 Å². The van der Waals surface area contributed by atoms with Crippen molar-refractivity contribution in [2.75, 3.05) is 16.8 Å². The highest BCUT2D eigenvalue weighted by Gasteiger charge is 2.46. The van der Waals surface area contributed by atoms with E-state index in [-0.39, 0.29) is 38.6 Å². The van der Waals surface area contributed by atoms with Gasteiger partial charge in [0.25, 0.3) is 11.8 Å². The number of nitrogens with one attached hydrogen (secondary N) is 2. The molecule has 14 heteroatoms. The monoisotopic (exact) mass is 559 g/mol. The third-order valence-electron chi connectivity index (χ3n) is 5.33. The summed E-state index contributed by atoms with van der Waals surface area (Å²) in [6.45, 7) is 3.31. The van der Waals surface area contributed by atoms with Gasteiger partial charge < -0.3 is 15.2 Å². The van der Waals surface area contributed by atoms with Crippen molar-refractivity contribution >= 4 is 51.9 Å². The van der Waals surface area contributed by atoms with Crippen LogP contribution in [0.15, 0.2) is 36.5 Å². The average molecular weight is 560 g/mol. The van der Waals surface area contributed by atoms with E-state index >= 15 is 0 Å². The molecule has 36 heavy (non-hydrogen) atoms. The molecule has 4 rings (SSSR count). The van der Waals surface area contributed by atoms with E-state index in [0.29, 0.717) is 16.3 Å². The van der Waals surface area contributed by atoms with Gasteiger partial charge in [0.15, 0.2) is 11.5 Å². The van der Waals surface area contributed by atoms with Crippen LogP contribution >= 0.6 is 23.2 Å². The van der Waals surface area contributed by atoms with Crippen LogP contribution in [0.5, 0.6) is 0 Å². The van der Waals surface area contributed by atoms with Gasteiger partial charge in [-0.15, -0.1) is 0 Å². The first kappa shape index (κ1) is 26.3. The summed E-state index contributed by atoms with van der Waals surface area (Å²) in [7, 11) is 0. The van der Waals surface area contributed by atoms with Crippen LogP contribution in [-0.2, 0) is 17.4 Å². The van der Waals surface area contributed by atoms with Crippen molar-refractivity contribution in [2.24, 2.45) is 0 Å². The largest absolute Gasteiger partial charge is 0.616 e. The fourth-order valence-electron chi connectivity index (χ4n) is 3.72. The summed E-state index contributed by atoms with van der Waals surface area (Å²) in [5.74, 6) is -1.23. The molecule has 1 aliphatic heterocycles. The summed E-state index contributed by atoms with van der Waals surface area (Å²) in [6.07, 6.45) is -3.56. The van der Waals surface area contributed by atoms with Gasteiger partial charge in [0, 0.05) is 17.3 Å². The molecule has 0 atom stereocenters. The summed E-state index contributed by atoms with van der Waals surface area (Å²) in [5, 5.41) is 8.97. The van der Waals surface area contributed by atoms with Crippen molar-refractivity contribution in [1.82, 2.24) is 20.1 Å². The van der Waals surface area contributed by atoms with Gasteiger partial charge in [-0.05, 0) is 54.9 Å². The Morgan fingerprint density at radius 2 is 1.89 bits per heavy atom. The molecule has 1 saturated heterocycles. The lowest BCUT2D eigenvalue weighted by molar-refractivity contribution is -0.141. The second-order valence-corrected chi connectivity index (χ2v) is 10.8. The molecule has 0 aliphatic carbocycles. The molecular formula is C22H18Cl2F3N5O3S. The summed E-state index contributed by atoms with van der Waals surface area (Å²) < 4.78 is 52.5. The molecular weight excluding hydrogens is 542 g/mol. The predicted octanol–water partition coefficient (Wildman–Crippen LogP) is 4.40. The van der Waals surface area contributed by atoms with Crippen LogP contribution in [0.25, 0.3) is 5.82 Å². The van der Waals surface area contributed by atoms with E-state index in [1.54, 1.807) is 13.8 Å². The number of alkyl halides is 3. The Kier molecular flexibility index (Phi) is 6.99. The van der Waals surface area contributed by atoms with Crippen LogP contribution in [0.1, 0.15) is 39.0 Å². The zero-order valence-corrected chi connectivity index (χ0v) is 21.1. The molecule has 3 aromatic rings. The van der Waals surface area contributed by atoms with Crippen LogP contribution in [0.3, 0.4) is 0 Å². The SMILES string of the molecule is Cc1cc(Cl)cc(C(=O)NC2(C)C[S+]([O-])C2)c1NC(=O)c1cc(C(F)(F)F)nn1-c1ncccc1Cl. The summed E-state index contributed by atoms with van der Waals surface area (Å²) in [5.41, 5.74) is -2.11. The zero-order chi connectivity index (χ0) is 26.4. The van der Waals surface area contributed by atoms with Gasteiger partial charge in [-0.1, -0.05) is 23.2 Å². The summed E-state index contributed by atoms with van der Waals surface area (Å²) in [6, 6.07) is 6.24. The maximum atomic E-state index is 13.4.